The Labute approximate surface area is 110 Å². The Bertz CT molecular complexity index is 581. The number of ether oxygens (including phenoxy) is 1. The molecule has 0 fully saturated rings. The van der Waals surface area contributed by atoms with Gasteiger partial charge in [0.25, 0.3) is 0 Å². The quantitative estimate of drug-likeness (QED) is 0.836. The van der Waals surface area contributed by atoms with Crippen LogP contribution < -0.4 is 4.90 Å². The monoisotopic (exact) mass is 264 g/mol. The highest BCUT2D eigenvalue weighted by Gasteiger charge is 2.08. The number of carboxylic acids is 1. The number of hydrogen-bond acceptors (Lipinski definition) is 5. The molecule has 1 aromatic heterocycles. The van der Waals surface area contributed by atoms with Crippen LogP contribution in [-0.2, 0) is 16.3 Å². The number of carbonyl (C=O) groups is 1. The molecular weight excluding hydrogens is 248 g/mol. The fourth-order valence-corrected chi connectivity index (χ4v) is 1.81. The van der Waals surface area contributed by atoms with Crippen LogP contribution in [-0.4, -0.2) is 46.8 Å². The van der Waals surface area contributed by atoms with Crippen LogP contribution in [0.5, 0.6) is 0 Å². The van der Waals surface area contributed by atoms with Crippen LogP contribution in [0.2, 0.25) is 0 Å². The lowest BCUT2D eigenvalue weighted by Gasteiger charge is -2.17. The smallest absolute Gasteiger partial charge is 0.305 e. The zero-order chi connectivity index (χ0) is 13.8. The van der Waals surface area contributed by atoms with Crippen LogP contribution in [0, 0.1) is 0 Å². The first kappa shape index (κ1) is 13.3. The predicted octanol–water partition coefficient (Wildman–Crippen LogP) is 0.946. The summed E-state index contributed by atoms with van der Waals surface area (Å²) in [5.41, 5.74) is 2.56. The lowest BCUT2D eigenvalue weighted by Crippen LogP contribution is -2.20. The van der Waals surface area contributed by atoms with Crippen LogP contribution in [0.1, 0.15) is 6.42 Å². The summed E-state index contributed by atoms with van der Waals surface area (Å²) in [6.45, 7) is 0.803. The molecule has 102 valence electrons. The maximum absolute atomic E-state index is 10.6. The van der Waals surface area contributed by atoms with Crippen LogP contribution in [0.25, 0.3) is 11.0 Å². The van der Waals surface area contributed by atoms with Gasteiger partial charge >= 0.3 is 5.97 Å². The molecule has 0 bridgehead atoms. The number of hydrogen-bond donors (Lipinski definition) is 1. The summed E-state index contributed by atoms with van der Waals surface area (Å²) < 4.78 is 6.68. The number of aromatic nitrogens is 3. The third-order valence-electron chi connectivity index (χ3n) is 2.85. The molecule has 0 aliphatic heterocycles. The molecule has 1 aromatic carbocycles. The second-order valence-electron chi connectivity index (χ2n) is 4.25. The van der Waals surface area contributed by atoms with E-state index in [1.807, 2.05) is 30.1 Å². The Balaban J connectivity index is 2.19. The summed E-state index contributed by atoms with van der Waals surface area (Å²) in [5.74, 6) is -0.807. The Morgan fingerprint density at radius 1 is 1.53 bits per heavy atom. The van der Waals surface area contributed by atoms with E-state index in [0.29, 0.717) is 13.3 Å². The van der Waals surface area contributed by atoms with Gasteiger partial charge in [0.1, 0.15) is 12.2 Å². The van der Waals surface area contributed by atoms with Crippen molar-refractivity contribution in [3.05, 3.63) is 18.2 Å². The Morgan fingerprint density at radius 2 is 2.32 bits per heavy atom. The van der Waals surface area contributed by atoms with Gasteiger partial charge in [0.05, 0.1) is 11.9 Å². The van der Waals surface area contributed by atoms with Crippen LogP contribution >= 0.6 is 0 Å². The number of aliphatic carboxylic acids is 1. The van der Waals surface area contributed by atoms with E-state index in [2.05, 4.69) is 10.3 Å². The zero-order valence-corrected chi connectivity index (χ0v) is 10.9. The molecule has 0 radical (unpaired) electrons. The third kappa shape index (κ3) is 3.00. The SMILES string of the molecule is COCn1nnc2cc(N(C)CCC(=O)O)ccc21. The average molecular weight is 264 g/mol. The van der Waals surface area contributed by atoms with Crippen molar-refractivity contribution in [2.45, 2.75) is 13.2 Å². The van der Waals surface area contributed by atoms with E-state index in [-0.39, 0.29) is 6.42 Å². The van der Waals surface area contributed by atoms with E-state index in [1.54, 1.807) is 11.8 Å². The number of methoxy groups -OCH3 is 1. The summed E-state index contributed by atoms with van der Waals surface area (Å²) in [5, 5.41) is 16.7. The summed E-state index contributed by atoms with van der Waals surface area (Å²) >= 11 is 0. The highest BCUT2D eigenvalue weighted by atomic mass is 16.5. The Hall–Kier alpha value is -2.15. The molecule has 0 saturated heterocycles. The molecule has 0 aliphatic carbocycles. The van der Waals surface area contributed by atoms with Gasteiger partial charge in [-0.15, -0.1) is 5.10 Å². The van der Waals surface area contributed by atoms with E-state index < -0.39 is 5.97 Å². The lowest BCUT2D eigenvalue weighted by molar-refractivity contribution is -0.136. The van der Waals surface area contributed by atoms with Gasteiger partial charge in [0.2, 0.25) is 0 Å². The van der Waals surface area contributed by atoms with Gasteiger partial charge in [-0.3, -0.25) is 4.79 Å². The van der Waals surface area contributed by atoms with Gasteiger partial charge in [-0.2, -0.15) is 0 Å². The largest absolute Gasteiger partial charge is 0.481 e. The highest BCUT2D eigenvalue weighted by Crippen LogP contribution is 2.19. The molecule has 7 nitrogen and oxygen atoms in total. The molecule has 0 spiro atoms. The van der Waals surface area contributed by atoms with Crippen molar-refractivity contribution in [2.24, 2.45) is 0 Å². The zero-order valence-electron chi connectivity index (χ0n) is 10.9. The topological polar surface area (TPSA) is 80.5 Å². The molecule has 1 heterocycles. The molecule has 7 heteroatoms. The normalized spacial score (nSPS) is 10.8. The molecule has 19 heavy (non-hydrogen) atoms. The van der Waals surface area contributed by atoms with Crippen LogP contribution in [0.15, 0.2) is 18.2 Å². The minimum absolute atomic E-state index is 0.102. The fraction of sp³-hybridized carbons (Fsp3) is 0.417. The number of benzene rings is 1. The molecule has 2 rings (SSSR count). The average Bonchev–Trinajstić information content (AvgIpc) is 2.79. The number of carboxylic acid groups (broad SMARTS) is 1. The van der Waals surface area contributed by atoms with Gasteiger partial charge in [-0.05, 0) is 18.2 Å². The van der Waals surface area contributed by atoms with Crippen LogP contribution in [0.4, 0.5) is 5.69 Å². The Morgan fingerprint density at radius 3 is 3.00 bits per heavy atom. The first-order valence-electron chi connectivity index (χ1n) is 5.87. The molecule has 1 N–H and O–H groups in total. The van der Waals surface area contributed by atoms with Gasteiger partial charge < -0.3 is 14.7 Å². The molecular formula is C12H16N4O3. The predicted molar refractivity (Wildman–Crippen MR) is 70.1 cm³/mol. The lowest BCUT2D eigenvalue weighted by atomic mass is 10.2. The van der Waals surface area contributed by atoms with Crippen molar-refractivity contribution >= 4 is 22.7 Å². The summed E-state index contributed by atoms with van der Waals surface area (Å²) in [7, 11) is 3.45. The van der Waals surface area contributed by atoms with E-state index in [4.69, 9.17) is 9.84 Å². The first-order chi connectivity index (χ1) is 9.11. The van der Waals surface area contributed by atoms with E-state index >= 15 is 0 Å². The van der Waals surface area contributed by atoms with Crippen molar-refractivity contribution in [3.8, 4) is 0 Å². The van der Waals surface area contributed by atoms with Crippen LogP contribution in [0.3, 0.4) is 0 Å². The molecule has 0 aliphatic rings. The molecule has 2 aromatic rings. The minimum atomic E-state index is -0.807. The second-order valence-corrected chi connectivity index (χ2v) is 4.25. The van der Waals surface area contributed by atoms with Gasteiger partial charge in [0, 0.05) is 26.4 Å². The molecule has 0 amide bonds. The fourth-order valence-electron chi connectivity index (χ4n) is 1.81. The number of anilines is 1. The van der Waals surface area contributed by atoms with Gasteiger partial charge in [-0.25, -0.2) is 4.68 Å². The highest BCUT2D eigenvalue weighted by molar-refractivity contribution is 5.79. The van der Waals surface area contributed by atoms with Crippen molar-refractivity contribution in [1.29, 1.82) is 0 Å². The molecule has 0 atom stereocenters. The summed E-state index contributed by atoms with van der Waals surface area (Å²) in [4.78, 5) is 12.4. The second kappa shape index (κ2) is 5.66. The van der Waals surface area contributed by atoms with Gasteiger partial charge in [0.15, 0.2) is 0 Å². The van der Waals surface area contributed by atoms with Crippen molar-refractivity contribution in [3.63, 3.8) is 0 Å². The van der Waals surface area contributed by atoms with Crippen molar-refractivity contribution in [1.82, 2.24) is 15.0 Å². The first-order valence-corrected chi connectivity index (χ1v) is 5.87. The van der Waals surface area contributed by atoms with E-state index in [9.17, 15) is 4.79 Å². The van der Waals surface area contributed by atoms with E-state index in [1.165, 1.54) is 0 Å². The van der Waals surface area contributed by atoms with Crippen molar-refractivity contribution < 1.29 is 14.6 Å². The number of rotatable bonds is 6. The number of fused-ring (bicyclic) bond motifs is 1. The van der Waals surface area contributed by atoms with E-state index in [0.717, 1.165) is 16.7 Å². The standard InChI is InChI=1S/C12H16N4O3/c1-15(6-5-12(17)18)9-3-4-11-10(7-9)13-14-16(11)8-19-2/h3-4,7H,5-6,8H2,1-2H3,(H,17,18). The minimum Gasteiger partial charge on any atom is -0.481 e. The Kier molecular flexibility index (Phi) is 3.96. The third-order valence-corrected chi connectivity index (χ3v) is 2.85. The number of nitrogens with zero attached hydrogens (tertiary/aromatic N) is 4. The molecule has 0 unspecified atom stereocenters. The summed E-state index contributed by atoms with van der Waals surface area (Å²) in [6.07, 6.45) is 0.102. The maximum Gasteiger partial charge on any atom is 0.305 e. The van der Waals surface area contributed by atoms with Crippen molar-refractivity contribution in [2.75, 3.05) is 25.6 Å². The maximum atomic E-state index is 10.6. The summed E-state index contributed by atoms with van der Waals surface area (Å²) in [6, 6.07) is 5.71. The van der Waals surface area contributed by atoms with Gasteiger partial charge in [-0.1, -0.05) is 5.21 Å². The molecule has 0 saturated carbocycles.